The van der Waals surface area contributed by atoms with E-state index in [1.54, 1.807) is 0 Å². The Bertz CT molecular complexity index is 2380. The molecule has 0 saturated heterocycles. The molecule has 6 aromatic carbocycles. The van der Waals surface area contributed by atoms with Crippen LogP contribution in [-0.4, -0.2) is 4.57 Å². The molecule has 0 fully saturated rings. The summed E-state index contributed by atoms with van der Waals surface area (Å²) in [6.07, 6.45) is 0. The van der Waals surface area contributed by atoms with Crippen molar-refractivity contribution in [2.24, 2.45) is 0 Å². The zero-order valence-corrected chi connectivity index (χ0v) is 26.3. The highest BCUT2D eigenvalue weighted by atomic mass is 32.1. The number of fused-ring (bicyclic) bond motifs is 10. The zero-order valence-electron chi connectivity index (χ0n) is 25.5. The SMILES string of the molecule is CC1(C)c2ccccc2-c2ccc3c(sc4ccc(-c5ccc(-n6c7ccccc7c7ccccc76)cc5)cc43)c2C1(C)C. The van der Waals surface area contributed by atoms with E-state index in [1.165, 1.54) is 81.0 Å². The van der Waals surface area contributed by atoms with Crippen LogP contribution in [0.3, 0.4) is 0 Å². The van der Waals surface area contributed by atoms with Gasteiger partial charge in [-0.05, 0) is 75.2 Å². The fraction of sp³-hybridized carbons (Fsp3) is 0.143. The van der Waals surface area contributed by atoms with E-state index in [0.29, 0.717) is 0 Å². The maximum Gasteiger partial charge on any atom is 0.0541 e. The van der Waals surface area contributed by atoms with Gasteiger partial charge in [-0.3, -0.25) is 0 Å². The van der Waals surface area contributed by atoms with E-state index in [0.717, 1.165) is 0 Å². The number of rotatable bonds is 2. The molecule has 0 atom stereocenters. The quantitative estimate of drug-likeness (QED) is 0.191. The van der Waals surface area contributed by atoms with Gasteiger partial charge >= 0.3 is 0 Å². The van der Waals surface area contributed by atoms with Crippen LogP contribution in [0.4, 0.5) is 0 Å². The Kier molecular flexibility index (Phi) is 5.24. The molecule has 0 amide bonds. The molecular formula is C42H33NS. The topological polar surface area (TPSA) is 4.93 Å². The fourth-order valence-electron chi connectivity index (χ4n) is 7.78. The van der Waals surface area contributed by atoms with Gasteiger partial charge in [0.15, 0.2) is 0 Å². The molecule has 0 radical (unpaired) electrons. The molecule has 44 heavy (non-hydrogen) atoms. The average molecular weight is 584 g/mol. The average Bonchev–Trinajstić information content (AvgIpc) is 3.59. The smallest absolute Gasteiger partial charge is 0.0541 e. The van der Waals surface area contributed by atoms with Crippen molar-refractivity contribution in [3.8, 4) is 27.9 Å². The summed E-state index contributed by atoms with van der Waals surface area (Å²) in [5.74, 6) is 0. The first-order chi connectivity index (χ1) is 21.3. The lowest BCUT2D eigenvalue weighted by Crippen LogP contribution is -2.43. The van der Waals surface area contributed by atoms with Crippen LogP contribution in [0.5, 0.6) is 0 Å². The highest BCUT2D eigenvalue weighted by Gasteiger charge is 2.46. The molecule has 1 aliphatic carbocycles. The Morgan fingerprint density at radius 1 is 0.500 bits per heavy atom. The number of hydrogen-bond acceptors (Lipinski definition) is 1. The van der Waals surface area contributed by atoms with E-state index in [9.17, 15) is 0 Å². The molecule has 8 aromatic rings. The Labute approximate surface area is 262 Å². The van der Waals surface area contributed by atoms with Gasteiger partial charge < -0.3 is 4.57 Å². The van der Waals surface area contributed by atoms with Crippen molar-refractivity contribution in [3.05, 3.63) is 139 Å². The number of nitrogens with zero attached hydrogens (tertiary/aromatic N) is 1. The van der Waals surface area contributed by atoms with E-state index < -0.39 is 0 Å². The van der Waals surface area contributed by atoms with E-state index in [1.807, 2.05) is 11.3 Å². The minimum atomic E-state index is -0.0114. The van der Waals surface area contributed by atoms with Crippen LogP contribution in [-0.2, 0) is 10.8 Å². The minimum absolute atomic E-state index is 0.0114. The van der Waals surface area contributed by atoms with Gasteiger partial charge in [-0.15, -0.1) is 11.3 Å². The molecule has 0 spiro atoms. The van der Waals surface area contributed by atoms with Crippen molar-refractivity contribution in [1.29, 1.82) is 0 Å². The van der Waals surface area contributed by atoms with Gasteiger partial charge in [0.1, 0.15) is 0 Å². The standard InChI is InChI=1S/C42H33NS/c1-41(2)35-14-8-5-11-29(35)32-22-23-33-34-25-27(19-24-38(34)44-40(33)39(32)42(41,3)4)26-17-20-28(21-18-26)43-36-15-9-6-12-30(36)31-13-7-10-16-37(31)43/h5-25H,1-4H3. The third-order valence-electron chi connectivity index (χ3n) is 10.8. The molecule has 2 heteroatoms. The van der Waals surface area contributed by atoms with Crippen molar-refractivity contribution in [2.45, 2.75) is 38.5 Å². The summed E-state index contributed by atoms with van der Waals surface area (Å²) in [5.41, 5.74) is 11.9. The van der Waals surface area contributed by atoms with Crippen LogP contribution in [0, 0.1) is 0 Å². The van der Waals surface area contributed by atoms with Crippen molar-refractivity contribution in [3.63, 3.8) is 0 Å². The van der Waals surface area contributed by atoms with E-state index in [4.69, 9.17) is 0 Å². The Hall–Kier alpha value is -4.66. The van der Waals surface area contributed by atoms with Crippen LogP contribution in [0.25, 0.3) is 69.9 Å². The van der Waals surface area contributed by atoms with Gasteiger partial charge in [0.25, 0.3) is 0 Å². The lowest BCUT2D eigenvalue weighted by atomic mass is 9.55. The third-order valence-corrected chi connectivity index (χ3v) is 12.0. The maximum atomic E-state index is 2.44. The summed E-state index contributed by atoms with van der Waals surface area (Å²) < 4.78 is 5.17. The van der Waals surface area contributed by atoms with Crippen LogP contribution < -0.4 is 0 Å². The predicted octanol–water partition coefficient (Wildman–Crippen LogP) is 12.1. The Balaban J connectivity index is 1.18. The highest BCUT2D eigenvalue weighted by molar-refractivity contribution is 7.26. The second-order valence-corrected chi connectivity index (χ2v) is 14.4. The summed E-state index contributed by atoms with van der Waals surface area (Å²) in [5, 5.41) is 5.30. The van der Waals surface area contributed by atoms with E-state index in [-0.39, 0.29) is 10.8 Å². The number of aromatic nitrogens is 1. The molecule has 2 aromatic heterocycles. The van der Waals surface area contributed by atoms with Crippen molar-refractivity contribution in [1.82, 2.24) is 4.57 Å². The first kappa shape index (κ1) is 25.8. The van der Waals surface area contributed by atoms with Gasteiger partial charge in [-0.25, -0.2) is 0 Å². The molecule has 0 N–H and O–H groups in total. The second kappa shape index (κ2) is 8.94. The van der Waals surface area contributed by atoms with Crippen molar-refractivity contribution < 1.29 is 0 Å². The fourth-order valence-corrected chi connectivity index (χ4v) is 9.17. The Morgan fingerprint density at radius 3 is 1.86 bits per heavy atom. The van der Waals surface area contributed by atoms with Crippen molar-refractivity contribution in [2.75, 3.05) is 0 Å². The molecule has 2 heterocycles. The second-order valence-electron chi connectivity index (χ2n) is 13.4. The molecule has 9 rings (SSSR count). The van der Waals surface area contributed by atoms with Crippen molar-refractivity contribution >= 4 is 53.3 Å². The molecule has 0 aliphatic heterocycles. The summed E-state index contributed by atoms with van der Waals surface area (Å²) in [6, 6.07) is 47.3. The van der Waals surface area contributed by atoms with E-state index >= 15 is 0 Å². The van der Waals surface area contributed by atoms with Crippen LogP contribution in [0.15, 0.2) is 127 Å². The monoisotopic (exact) mass is 583 g/mol. The molecule has 1 aliphatic rings. The summed E-state index contributed by atoms with van der Waals surface area (Å²) in [4.78, 5) is 0. The molecule has 0 unspecified atom stereocenters. The molecule has 0 saturated carbocycles. The minimum Gasteiger partial charge on any atom is -0.309 e. The summed E-state index contributed by atoms with van der Waals surface area (Å²) >= 11 is 1.96. The number of hydrogen-bond donors (Lipinski definition) is 0. The van der Waals surface area contributed by atoms with Crippen LogP contribution in [0.2, 0.25) is 0 Å². The van der Waals surface area contributed by atoms with Gasteiger partial charge in [-0.2, -0.15) is 0 Å². The normalized spacial score (nSPS) is 15.2. The lowest BCUT2D eigenvalue weighted by molar-refractivity contribution is 0.301. The maximum absolute atomic E-state index is 2.44. The molecule has 1 nitrogen and oxygen atoms in total. The summed E-state index contributed by atoms with van der Waals surface area (Å²) in [7, 11) is 0. The first-order valence-corrected chi connectivity index (χ1v) is 16.3. The molecule has 0 bridgehead atoms. The summed E-state index contributed by atoms with van der Waals surface area (Å²) in [6.45, 7) is 9.72. The zero-order chi connectivity index (χ0) is 29.8. The van der Waals surface area contributed by atoms with Gasteiger partial charge in [0, 0.05) is 42.0 Å². The lowest BCUT2D eigenvalue weighted by Gasteiger charge is -2.48. The molecular weight excluding hydrogens is 551 g/mol. The van der Waals surface area contributed by atoms with Gasteiger partial charge in [-0.1, -0.05) is 119 Å². The number of para-hydroxylation sites is 2. The van der Waals surface area contributed by atoms with Crippen LogP contribution >= 0.6 is 11.3 Å². The molecule has 212 valence electrons. The first-order valence-electron chi connectivity index (χ1n) is 15.5. The number of benzene rings is 6. The highest BCUT2D eigenvalue weighted by Crippen LogP contribution is 2.57. The van der Waals surface area contributed by atoms with Gasteiger partial charge in [0.05, 0.1) is 11.0 Å². The number of thiophene rings is 1. The van der Waals surface area contributed by atoms with Gasteiger partial charge in [0.2, 0.25) is 0 Å². The Morgan fingerprint density at radius 2 is 1.14 bits per heavy atom. The third kappa shape index (κ3) is 3.35. The van der Waals surface area contributed by atoms with E-state index in [2.05, 4.69) is 160 Å². The largest absolute Gasteiger partial charge is 0.309 e. The van der Waals surface area contributed by atoms with Crippen LogP contribution in [0.1, 0.15) is 38.8 Å². The predicted molar refractivity (Wildman–Crippen MR) is 191 cm³/mol.